The van der Waals surface area contributed by atoms with E-state index in [2.05, 4.69) is 10.1 Å². The Morgan fingerprint density at radius 1 is 1.35 bits per heavy atom. The zero-order chi connectivity index (χ0) is 16.6. The highest BCUT2D eigenvalue weighted by Gasteiger charge is 2.26. The molecular formula is C16H21N5O2. The Labute approximate surface area is 134 Å². The number of nitrogens with zero attached hydrogens (tertiary/aromatic N) is 5. The number of carbonyl (C=O) groups is 2. The van der Waals surface area contributed by atoms with Crippen molar-refractivity contribution in [2.45, 2.75) is 25.7 Å². The molecule has 1 atom stereocenters. The van der Waals surface area contributed by atoms with Crippen LogP contribution in [0.25, 0.3) is 5.65 Å². The first-order chi connectivity index (χ1) is 11.0. The molecule has 2 aromatic heterocycles. The topological polar surface area (TPSA) is 70.8 Å². The van der Waals surface area contributed by atoms with Crippen LogP contribution in [0.15, 0.2) is 18.5 Å². The number of rotatable bonds is 2. The Hall–Kier alpha value is -2.44. The van der Waals surface area contributed by atoms with Crippen LogP contribution in [0.4, 0.5) is 0 Å². The molecule has 3 rings (SSSR count). The highest BCUT2D eigenvalue weighted by Crippen LogP contribution is 2.27. The van der Waals surface area contributed by atoms with E-state index >= 15 is 0 Å². The second-order valence-electron chi connectivity index (χ2n) is 6.17. The van der Waals surface area contributed by atoms with Gasteiger partial charge in [-0.3, -0.25) is 9.59 Å². The first-order valence-corrected chi connectivity index (χ1v) is 7.79. The van der Waals surface area contributed by atoms with Crippen molar-refractivity contribution in [3.8, 4) is 0 Å². The van der Waals surface area contributed by atoms with Crippen molar-refractivity contribution in [1.82, 2.24) is 24.4 Å². The van der Waals surface area contributed by atoms with Gasteiger partial charge in [0.15, 0.2) is 5.65 Å². The van der Waals surface area contributed by atoms with Crippen LogP contribution in [-0.2, 0) is 4.79 Å². The van der Waals surface area contributed by atoms with E-state index in [1.807, 2.05) is 11.0 Å². The summed E-state index contributed by atoms with van der Waals surface area (Å²) in [5.74, 6) is 0.197. The third-order valence-corrected chi connectivity index (χ3v) is 4.35. The Morgan fingerprint density at radius 2 is 2.13 bits per heavy atom. The van der Waals surface area contributed by atoms with Gasteiger partial charge in [-0.05, 0) is 18.9 Å². The molecule has 1 fully saturated rings. The summed E-state index contributed by atoms with van der Waals surface area (Å²) in [6.45, 7) is 3.10. The lowest BCUT2D eigenvalue weighted by molar-refractivity contribution is -0.130. The number of likely N-dealkylation sites (tertiary alicyclic amines) is 1. The minimum atomic E-state index is -0.112. The van der Waals surface area contributed by atoms with Crippen LogP contribution >= 0.6 is 0 Å². The fourth-order valence-corrected chi connectivity index (χ4v) is 3.12. The van der Waals surface area contributed by atoms with Gasteiger partial charge in [0.1, 0.15) is 5.56 Å². The van der Waals surface area contributed by atoms with E-state index in [4.69, 9.17) is 0 Å². The van der Waals surface area contributed by atoms with E-state index in [0.29, 0.717) is 17.8 Å². The van der Waals surface area contributed by atoms with Crippen LogP contribution in [0.3, 0.4) is 0 Å². The summed E-state index contributed by atoms with van der Waals surface area (Å²) in [7, 11) is 3.42. The third-order valence-electron chi connectivity index (χ3n) is 4.35. The predicted octanol–water partition coefficient (Wildman–Crippen LogP) is 1.16. The van der Waals surface area contributed by atoms with E-state index in [1.165, 1.54) is 4.90 Å². The van der Waals surface area contributed by atoms with Gasteiger partial charge in [0.25, 0.3) is 5.91 Å². The molecule has 0 N–H and O–H groups in total. The van der Waals surface area contributed by atoms with Gasteiger partial charge in [0.2, 0.25) is 5.91 Å². The van der Waals surface area contributed by atoms with Crippen molar-refractivity contribution in [3.63, 3.8) is 0 Å². The highest BCUT2D eigenvalue weighted by molar-refractivity contribution is 5.99. The number of aromatic nitrogens is 3. The number of carbonyl (C=O) groups excluding carboxylic acids is 2. The van der Waals surface area contributed by atoms with Gasteiger partial charge >= 0.3 is 0 Å². The van der Waals surface area contributed by atoms with Crippen molar-refractivity contribution in [2.24, 2.45) is 0 Å². The number of amides is 2. The largest absolute Gasteiger partial charge is 0.345 e. The third kappa shape index (κ3) is 2.78. The van der Waals surface area contributed by atoms with Gasteiger partial charge in [0, 0.05) is 46.2 Å². The first kappa shape index (κ1) is 15.5. The van der Waals surface area contributed by atoms with E-state index in [1.54, 1.807) is 37.9 Å². The molecule has 1 saturated heterocycles. The SMILES string of the molecule is CC(=O)N1CCC[C@@H](c2ccnc3c(C(=O)N(C)C)cnn23)C1. The maximum Gasteiger partial charge on any atom is 0.258 e. The molecule has 0 saturated carbocycles. The Kier molecular flexibility index (Phi) is 4.02. The molecule has 0 bridgehead atoms. The van der Waals surface area contributed by atoms with Crippen molar-refractivity contribution in [1.29, 1.82) is 0 Å². The lowest BCUT2D eigenvalue weighted by Crippen LogP contribution is -2.38. The molecule has 2 amide bonds. The minimum absolute atomic E-state index is 0.101. The number of hydrogen-bond acceptors (Lipinski definition) is 4. The molecule has 1 aliphatic rings. The fraction of sp³-hybridized carbons (Fsp3) is 0.500. The standard InChI is InChI=1S/C16H21N5O2/c1-11(22)20-8-4-5-12(10-20)14-6-7-17-15-13(9-18-21(14)15)16(23)19(2)3/h6-7,9,12H,4-5,8,10H2,1-3H3/t12-/m1/s1. The molecule has 2 aromatic rings. The van der Waals surface area contributed by atoms with Gasteiger partial charge in [0.05, 0.1) is 11.9 Å². The molecule has 0 spiro atoms. The molecule has 0 radical (unpaired) electrons. The van der Waals surface area contributed by atoms with E-state index in [-0.39, 0.29) is 17.7 Å². The van der Waals surface area contributed by atoms with Crippen LogP contribution < -0.4 is 0 Å². The zero-order valence-electron chi connectivity index (χ0n) is 13.7. The van der Waals surface area contributed by atoms with E-state index < -0.39 is 0 Å². The molecule has 0 aromatic carbocycles. The smallest absolute Gasteiger partial charge is 0.258 e. The maximum atomic E-state index is 12.2. The molecule has 0 aliphatic carbocycles. The number of fused-ring (bicyclic) bond motifs is 1. The predicted molar refractivity (Wildman–Crippen MR) is 85.2 cm³/mol. The van der Waals surface area contributed by atoms with Crippen LogP contribution in [0.1, 0.15) is 41.7 Å². The first-order valence-electron chi connectivity index (χ1n) is 7.79. The molecule has 7 heteroatoms. The van der Waals surface area contributed by atoms with Crippen molar-refractivity contribution < 1.29 is 9.59 Å². The van der Waals surface area contributed by atoms with Gasteiger partial charge < -0.3 is 9.80 Å². The Morgan fingerprint density at radius 3 is 2.83 bits per heavy atom. The maximum absolute atomic E-state index is 12.2. The second-order valence-corrected chi connectivity index (χ2v) is 6.17. The van der Waals surface area contributed by atoms with E-state index in [0.717, 1.165) is 25.1 Å². The van der Waals surface area contributed by atoms with Crippen LogP contribution in [0.5, 0.6) is 0 Å². The molecule has 0 unspecified atom stereocenters. The highest BCUT2D eigenvalue weighted by atomic mass is 16.2. The summed E-state index contributed by atoms with van der Waals surface area (Å²) in [6.07, 6.45) is 5.25. The average molecular weight is 315 g/mol. The zero-order valence-corrected chi connectivity index (χ0v) is 13.7. The summed E-state index contributed by atoms with van der Waals surface area (Å²) in [5, 5.41) is 4.37. The van der Waals surface area contributed by atoms with Crippen LogP contribution in [0.2, 0.25) is 0 Å². The lowest BCUT2D eigenvalue weighted by atomic mass is 9.94. The van der Waals surface area contributed by atoms with Crippen molar-refractivity contribution >= 4 is 17.5 Å². The molecule has 23 heavy (non-hydrogen) atoms. The molecule has 122 valence electrons. The normalized spacial score (nSPS) is 18.2. The summed E-state index contributed by atoms with van der Waals surface area (Å²) in [5.41, 5.74) is 2.07. The van der Waals surface area contributed by atoms with Gasteiger partial charge in [-0.25, -0.2) is 9.50 Å². The van der Waals surface area contributed by atoms with Crippen LogP contribution in [0, 0.1) is 0 Å². The van der Waals surface area contributed by atoms with E-state index in [9.17, 15) is 9.59 Å². The van der Waals surface area contributed by atoms with Gasteiger partial charge in [-0.2, -0.15) is 5.10 Å². The summed E-state index contributed by atoms with van der Waals surface area (Å²) >= 11 is 0. The fourth-order valence-electron chi connectivity index (χ4n) is 3.12. The van der Waals surface area contributed by atoms with Gasteiger partial charge in [-0.1, -0.05) is 0 Å². The molecule has 1 aliphatic heterocycles. The summed E-state index contributed by atoms with van der Waals surface area (Å²) in [4.78, 5) is 31.6. The minimum Gasteiger partial charge on any atom is -0.345 e. The Balaban J connectivity index is 1.99. The quantitative estimate of drug-likeness (QED) is 0.834. The van der Waals surface area contributed by atoms with Crippen molar-refractivity contribution in [3.05, 3.63) is 29.7 Å². The Bertz CT molecular complexity index is 752. The van der Waals surface area contributed by atoms with Crippen molar-refractivity contribution in [2.75, 3.05) is 27.2 Å². The second kappa shape index (κ2) is 5.98. The number of hydrogen-bond donors (Lipinski definition) is 0. The molecule has 7 nitrogen and oxygen atoms in total. The number of piperidine rings is 1. The monoisotopic (exact) mass is 315 g/mol. The van der Waals surface area contributed by atoms with Crippen LogP contribution in [-0.4, -0.2) is 63.4 Å². The van der Waals surface area contributed by atoms with Gasteiger partial charge in [-0.15, -0.1) is 0 Å². The molecule has 3 heterocycles. The summed E-state index contributed by atoms with van der Waals surface area (Å²) in [6, 6.07) is 1.93. The average Bonchev–Trinajstić information content (AvgIpc) is 2.98. The summed E-state index contributed by atoms with van der Waals surface area (Å²) < 4.78 is 1.74. The molecular weight excluding hydrogens is 294 g/mol. The lowest BCUT2D eigenvalue weighted by Gasteiger charge is -2.32.